The van der Waals surface area contributed by atoms with E-state index in [0.29, 0.717) is 5.54 Å². The van der Waals surface area contributed by atoms with Crippen LogP contribution in [0.4, 0.5) is 0 Å². The highest BCUT2D eigenvalue weighted by Gasteiger charge is 2.50. The van der Waals surface area contributed by atoms with Crippen LogP contribution < -0.4 is 5.32 Å². The third-order valence-corrected chi connectivity index (χ3v) is 6.07. The molecule has 0 amide bonds. The first-order chi connectivity index (χ1) is 11.3. The molecule has 0 radical (unpaired) electrons. The van der Waals surface area contributed by atoms with Gasteiger partial charge in [-0.2, -0.15) is 0 Å². The van der Waals surface area contributed by atoms with Crippen molar-refractivity contribution in [2.45, 2.75) is 44.1 Å². The van der Waals surface area contributed by atoms with E-state index in [1.54, 1.807) is 0 Å². The van der Waals surface area contributed by atoms with Gasteiger partial charge in [-0.1, -0.05) is 67.1 Å². The van der Waals surface area contributed by atoms with E-state index in [9.17, 15) is 0 Å². The Kier molecular flexibility index (Phi) is 4.22. The van der Waals surface area contributed by atoms with Gasteiger partial charge in [-0.3, -0.25) is 0 Å². The highest BCUT2D eigenvalue weighted by atomic mass is 15.0. The summed E-state index contributed by atoms with van der Waals surface area (Å²) in [6.45, 7) is 1.10. The molecule has 2 bridgehead atoms. The number of nitrogens with one attached hydrogen (secondary N) is 1. The van der Waals surface area contributed by atoms with Crippen LogP contribution in [0.15, 0.2) is 60.7 Å². The molecule has 2 fully saturated rings. The maximum atomic E-state index is 4.02. The Morgan fingerprint density at radius 3 is 2.17 bits per heavy atom. The summed E-state index contributed by atoms with van der Waals surface area (Å²) in [7, 11) is 0. The lowest BCUT2D eigenvalue weighted by molar-refractivity contribution is 0.207. The van der Waals surface area contributed by atoms with E-state index in [0.717, 1.165) is 24.8 Å². The molecule has 2 saturated carbocycles. The highest BCUT2D eigenvalue weighted by molar-refractivity contribution is 5.21. The first-order valence-corrected chi connectivity index (χ1v) is 9.17. The van der Waals surface area contributed by atoms with Crippen molar-refractivity contribution in [1.29, 1.82) is 0 Å². The first kappa shape index (κ1) is 15.0. The zero-order chi connectivity index (χ0) is 15.5. The smallest absolute Gasteiger partial charge is 0.0252 e. The molecule has 2 aliphatic rings. The third kappa shape index (κ3) is 3.21. The van der Waals surface area contributed by atoms with Crippen LogP contribution >= 0.6 is 0 Å². The lowest BCUT2D eigenvalue weighted by Gasteiger charge is -2.39. The molecule has 0 aromatic heterocycles. The number of rotatable bonds is 6. The van der Waals surface area contributed by atoms with Gasteiger partial charge < -0.3 is 5.32 Å². The van der Waals surface area contributed by atoms with E-state index in [-0.39, 0.29) is 0 Å². The zero-order valence-corrected chi connectivity index (χ0v) is 13.9. The second-order valence-electron chi connectivity index (χ2n) is 7.56. The van der Waals surface area contributed by atoms with Crippen molar-refractivity contribution >= 4 is 0 Å². The van der Waals surface area contributed by atoms with E-state index in [1.807, 2.05) is 0 Å². The minimum absolute atomic E-state index is 0.346. The molecule has 2 aromatic rings. The Hall–Kier alpha value is -1.60. The van der Waals surface area contributed by atoms with Gasteiger partial charge in [-0.15, -0.1) is 0 Å². The summed E-state index contributed by atoms with van der Waals surface area (Å²) < 4.78 is 0. The van der Waals surface area contributed by atoms with E-state index < -0.39 is 0 Å². The summed E-state index contributed by atoms with van der Waals surface area (Å²) in [5.41, 5.74) is 3.28. The van der Waals surface area contributed by atoms with Crippen molar-refractivity contribution < 1.29 is 0 Å². The molecule has 2 aromatic carbocycles. The minimum atomic E-state index is 0.346. The van der Waals surface area contributed by atoms with Crippen LogP contribution in [0.3, 0.4) is 0 Å². The molecular formula is C22H27N. The molecule has 3 atom stereocenters. The number of hydrogen-bond donors (Lipinski definition) is 1. The first-order valence-electron chi connectivity index (χ1n) is 9.17. The SMILES string of the molecule is c1ccc(CCNC2(Cc3ccccc3)CC3CCC2C3)cc1. The van der Waals surface area contributed by atoms with Crippen LogP contribution in [-0.4, -0.2) is 12.1 Å². The predicted octanol–water partition coefficient (Wildman–Crippen LogP) is 4.62. The van der Waals surface area contributed by atoms with Crippen molar-refractivity contribution in [3.8, 4) is 0 Å². The molecule has 1 heteroatoms. The third-order valence-electron chi connectivity index (χ3n) is 6.07. The van der Waals surface area contributed by atoms with Crippen LogP contribution in [-0.2, 0) is 12.8 Å². The van der Waals surface area contributed by atoms with Gasteiger partial charge >= 0.3 is 0 Å². The average molecular weight is 305 g/mol. The standard InChI is InChI=1S/C22H27N/c1-3-7-18(8-4-1)13-14-23-22(16-19-9-5-2-6-10-19)17-20-11-12-21(22)15-20/h1-10,20-21,23H,11-17H2. The van der Waals surface area contributed by atoms with Gasteiger partial charge in [0.05, 0.1) is 0 Å². The fraction of sp³-hybridized carbons (Fsp3) is 0.455. The minimum Gasteiger partial charge on any atom is -0.310 e. The molecule has 0 aliphatic heterocycles. The Labute approximate surface area is 140 Å². The monoisotopic (exact) mass is 305 g/mol. The quantitative estimate of drug-likeness (QED) is 0.821. The Bertz CT molecular complexity index is 621. The molecule has 3 unspecified atom stereocenters. The van der Waals surface area contributed by atoms with Gasteiger partial charge in [-0.25, -0.2) is 0 Å². The summed E-state index contributed by atoms with van der Waals surface area (Å²) in [5, 5.41) is 4.02. The van der Waals surface area contributed by atoms with Gasteiger partial charge in [0.1, 0.15) is 0 Å². The van der Waals surface area contributed by atoms with Gasteiger partial charge in [0.25, 0.3) is 0 Å². The molecule has 0 spiro atoms. The normalized spacial score (nSPS) is 29.0. The van der Waals surface area contributed by atoms with Crippen molar-refractivity contribution in [3.63, 3.8) is 0 Å². The van der Waals surface area contributed by atoms with Gasteiger partial charge in [0, 0.05) is 5.54 Å². The highest BCUT2D eigenvalue weighted by Crippen LogP contribution is 2.52. The maximum Gasteiger partial charge on any atom is 0.0252 e. The van der Waals surface area contributed by atoms with Crippen LogP contribution in [0.2, 0.25) is 0 Å². The Morgan fingerprint density at radius 2 is 1.57 bits per heavy atom. The van der Waals surface area contributed by atoms with Crippen LogP contribution in [0.25, 0.3) is 0 Å². The topological polar surface area (TPSA) is 12.0 Å². The number of hydrogen-bond acceptors (Lipinski definition) is 1. The molecule has 1 N–H and O–H groups in total. The van der Waals surface area contributed by atoms with E-state index in [4.69, 9.17) is 0 Å². The Morgan fingerprint density at radius 1 is 0.870 bits per heavy atom. The van der Waals surface area contributed by atoms with Crippen molar-refractivity contribution in [2.24, 2.45) is 11.8 Å². The molecule has 120 valence electrons. The zero-order valence-electron chi connectivity index (χ0n) is 13.9. The summed E-state index contributed by atoms with van der Waals surface area (Å²) in [4.78, 5) is 0. The van der Waals surface area contributed by atoms with Crippen molar-refractivity contribution in [3.05, 3.63) is 71.8 Å². The molecule has 2 aliphatic carbocycles. The van der Waals surface area contributed by atoms with Gasteiger partial charge in [-0.05, 0) is 61.6 Å². The fourth-order valence-corrected chi connectivity index (χ4v) is 5.00. The van der Waals surface area contributed by atoms with Crippen LogP contribution in [0.5, 0.6) is 0 Å². The number of fused-ring (bicyclic) bond motifs is 2. The van der Waals surface area contributed by atoms with Crippen molar-refractivity contribution in [2.75, 3.05) is 6.54 Å². The summed E-state index contributed by atoms with van der Waals surface area (Å²) >= 11 is 0. The van der Waals surface area contributed by atoms with Gasteiger partial charge in [0.15, 0.2) is 0 Å². The van der Waals surface area contributed by atoms with Gasteiger partial charge in [0.2, 0.25) is 0 Å². The second kappa shape index (κ2) is 6.49. The lowest BCUT2D eigenvalue weighted by Crippen LogP contribution is -2.52. The molecule has 0 heterocycles. The largest absolute Gasteiger partial charge is 0.310 e. The van der Waals surface area contributed by atoms with Crippen LogP contribution in [0, 0.1) is 11.8 Å². The number of benzene rings is 2. The summed E-state index contributed by atoms with van der Waals surface area (Å²) in [5.74, 6) is 1.84. The maximum absolute atomic E-state index is 4.02. The summed E-state index contributed by atoms with van der Waals surface area (Å²) in [6, 6.07) is 22.0. The molecule has 0 saturated heterocycles. The molecule has 1 nitrogen and oxygen atoms in total. The molecule has 23 heavy (non-hydrogen) atoms. The fourth-order valence-electron chi connectivity index (χ4n) is 5.00. The van der Waals surface area contributed by atoms with E-state index in [2.05, 4.69) is 66.0 Å². The molecule has 4 rings (SSSR count). The second-order valence-corrected chi connectivity index (χ2v) is 7.56. The average Bonchev–Trinajstić information content (AvgIpc) is 3.18. The van der Waals surface area contributed by atoms with E-state index in [1.165, 1.54) is 43.2 Å². The van der Waals surface area contributed by atoms with Crippen molar-refractivity contribution in [1.82, 2.24) is 5.32 Å². The predicted molar refractivity (Wildman–Crippen MR) is 96.5 cm³/mol. The lowest BCUT2D eigenvalue weighted by atomic mass is 9.76. The Balaban J connectivity index is 1.45. The molecular weight excluding hydrogens is 278 g/mol. The van der Waals surface area contributed by atoms with E-state index >= 15 is 0 Å². The van der Waals surface area contributed by atoms with Crippen LogP contribution in [0.1, 0.15) is 36.8 Å². The summed E-state index contributed by atoms with van der Waals surface area (Å²) in [6.07, 6.45) is 8.04.